The van der Waals surface area contributed by atoms with Gasteiger partial charge in [-0.25, -0.2) is 4.79 Å². The summed E-state index contributed by atoms with van der Waals surface area (Å²) >= 11 is 0. The van der Waals surface area contributed by atoms with Gasteiger partial charge < -0.3 is 9.84 Å². The number of amides is 1. The number of anilines is 1. The SMILES string of the molecule is C#CCCC1(CCOc2ccc(-c3ccc(NC(=O)O)cc3)cc2)N=N1. The quantitative estimate of drug-likeness (QED) is 0.672. The minimum atomic E-state index is -1.08. The van der Waals surface area contributed by atoms with Crippen molar-refractivity contribution in [1.29, 1.82) is 0 Å². The monoisotopic (exact) mass is 349 g/mol. The van der Waals surface area contributed by atoms with Gasteiger partial charge in [0, 0.05) is 24.9 Å². The first-order chi connectivity index (χ1) is 12.6. The fourth-order valence-electron chi connectivity index (χ4n) is 2.61. The molecular formula is C20H19N3O3. The zero-order chi connectivity index (χ0) is 18.4. The summed E-state index contributed by atoms with van der Waals surface area (Å²) in [6.45, 7) is 0.534. The highest BCUT2D eigenvalue weighted by Crippen LogP contribution is 2.36. The topological polar surface area (TPSA) is 83.3 Å². The number of rotatable bonds is 8. The van der Waals surface area contributed by atoms with Crippen molar-refractivity contribution in [3.05, 3.63) is 48.5 Å². The third kappa shape index (κ3) is 4.61. The summed E-state index contributed by atoms with van der Waals surface area (Å²) in [5, 5.41) is 19.2. The molecule has 0 spiro atoms. The Balaban J connectivity index is 1.52. The molecule has 1 aliphatic rings. The van der Waals surface area contributed by atoms with Gasteiger partial charge in [0.05, 0.1) is 6.61 Å². The molecule has 0 saturated carbocycles. The van der Waals surface area contributed by atoms with E-state index in [1.54, 1.807) is 12.1 Å². The van der Waals surface area contributed by atoms with Crippen LogP contribution >= 0.6 is 0 Å². The first-order valence-electron chi connectivity index (χ1n) is 8.31. The van der Waals surface area contributed by atoms with Gasteiger partial charge >= 0.3 is 6.09 Å². The van der Waals surface area contributed by atoms with Crippen LogP contribution in [-0.4, -0.2) is 23.5 Å². The highest BCUT2D eigenvalue weighted by molar-refractivity contribution is 5.83. The maximum Gasteiger partial charge on any atom is 0.409 e. The Bertz CT molecular complexity index is 830. The predicted molar refractivity (Wildman–Crippen MR) is 99.3 cm³/mol. The van der Waals surface area contributed by atoms with E-state index in [4.69, 9.17) is 16.3 Å². The van der Waals surface area contributed by atoms with E-state index in [2.05, 4.69) is 21.5 Å². The maximum absolute atomic E-state index is 10.6. The second-order valence-electron chi connectivity index (χ2n) is 6.02. The lowest BCUT2D eigenvalue weighted by Crippen LogP contribution is -2.15. The first kappa shape index (κ1) is 17.5. The minimum absolute atomic E-state index is 0.321. The predicted octanol–water partition coefficient (Wildman–Crippen LogP) is 4.79. The lowest BCUT2D eigenvalue weighted by atomic mass is 10.0. The number of benzene rings is 2. The van der Waals surface area contributed by atoms with Gasteiger partial charge in [-0.2, -0.15) is 10.2 Å². The van der Waals surface area contributed by atoms with Crippen molar-refractivity contribution in [3.63, 3.8) is 0 Å². The van der Waals surface area contributed by atoms with Crippen molar-refractivity contribution in [2.75, 3.05) is 11.9 Å². The Kier molecular flexibility index (Phi) is 5.18. The molecule has 2 aromatic rings. The summed E-state index contributed by atoms with van der Waals surface area (Å²) in [5.74, 6) is 3.40. The molecule has 3 rings (SSSR count). The molecule has 0 saturated heterocycles. The molecule has 0 fully saturated rings. The van der Waals surface area contributed by atoms with Crippen molar-refractivity contribution >= 4 is 11.8 Å². The van der Waals surface area contributed by atoms with Crippen LogP contribution < -0.4 is 10.1 Å². The minimum Gasteiger partial charge on any atom is -0.493 e. The number of nitrogens with zero attached hydrogens (tertiary/aromatic N) is 2. The summed E-state index contributed by atoms with van der Waals surface area (Å²) in [6.07, 6.45) is 6.38. The number of carbonyl (C=O) groups is 1. The lowest BCUT2D eigenvalue weighted by Gasteiger charge is -2.11. The molecule has 0 unspecified atom stereocenters. The molecule has 26 heavy (non-hydrogen) atoms. The number of hydrogen-bond donors (Lipinski definition) is 2. The normalized spacial score (nSPS) is 13.7. The molecule has 0 atom stereocenters. The summed E-state index contributed by atoms with van der Waals surface area (Å²) < 4.78 is 5.77. The van der Waals surface area contributed by atoms with E-state index in [9.17, 15) is 4.79 Å². The summed E-state index contributed by atoms with van der Waals surface area (Å²) in [7, 11) is 0. The average molecular weight is 349 g/mol. The third-order valence-electron chi connectivity index (χ3n) is 4.15. The molecule has 0 aromatic heterocycles. The van der Waals surface area contributed by atoms with Crippen LogP contribution in [0, 0.1) is 12.3 Å². The molecule has 1 aliphatic heterocycles. The van der Waals surface area contributed by atoms with Crippen LogP contribution in [0.25, 0.3) is 11.1 Å². The van der Waals surface area contributed by atoms with Crippen LogP contribution in [0.5, 0.6) is 5.75 Å². The molecule has 6 heteroatoms. The smallest absolute Gasteiger partial charge is 0.409 e. The summed E-state index contributed by atoms with van der Waals surface area (Å²) in [6, 6.07) is 14.9. The standard InChI is InChI=1S/C20H19N3O3/c1-2-3-12-20(22-23-20)13-14-26-18-10-6-16(7-11-18)15-4-8-17(9-5-15)21-19(24)25/h1,4-11,21H,3,12-14H2,(H,24,25). The van der Waals surface area contributed by atoms with Crippen molar-refractivity contribution < 1.29 is 14.6 Å². The van der Waals surface area contributed by atoms with Crippen LogP contribution in [0.3, 0.4) is 0 Å². The zero-order valence-corrected chi connectivity index (χ0v) is 14.2. The Morgan fingerprint density at radius 2 is 1.69 bits per heavy atom. The number of ether oxygens (including phenoxy) is 1. The Labute approximate surface area is 151 Å². The Morgan fingerprint density at radius 1 is 1.08 bits per heavy atom. The highest BCUT2D eigenvalue weighted by Gasteiger charge is 2.38. The second-order valence-corrected chi connectivity index (χ2v) is 6.02. The molecule has 2 aromatic carbocycles. The second kappa shape index (κ2) is 7.70. The van der Waals surface area contributed by atoms with Gasteiger partial charge in [0.15, 0.2) is 5.66 Å². The van der Waals surface area contributed by atoms with E-state index in [1.807, 2.05) is 36.4 Å². The van der Waals surface area contributed by atoms with Crippen molar-refractivity contribution in [3.8, 4) is 29.2 Å². The maximum atomic E-state index is 10.6. The van der Waals surface area contributed by atoms with Crippen LogP contribution in [0.4, 0.5) is 10.5 Å². The number of nitrogens with one attached hydrogen (secondary N) is 1. The van der Waals surface area contributed by atoms with Gasteiger partial charge in [0.2, 0.25) is 0 Å². The fraction of sp³-hybridized carbons (Fsp3) is 0.250. The molecule has 2 N–H and O–H groups in total. The number of carboxylic acid groups (broad SMARTS) is 1. The van der Waals surface area contributed by atoms with E-state index in [-0.39, 0.29) is 5.66 Å². The zero-order valence-electron chi connectivity index (χ0n) is 14.2. The lowest BCUT2D eigenvalue weighted by molar-refractivity contribution is 0.209. The molecule has 132 valence electrons. The van der Waals surface area contributed by atoms with E-state index < -0.39 is 6.09 Å². The average Bonchev–Trinajstić information content (AvgIpc) is 3.41. The van der Waals surface area contributed by atoms with Crippen molar-refractivity contribution in [2.24, 2.45) is 10.2 Å². The molecule has 6 nitrogen and oxygen atoms in total. The van der Waals surface area contributed by atoms with Crippen LogP contribution in [0.15, 0.2) is 58.8 Å². The van der Waals surface area contributed by atoms with Gasteiger partial charge in [-0.15, -0.1) is 12.3 Å². The fourth-order valence-corrected chi connectivity index (χ4v) is 2.61. The molecule has 0 radical (unpaired) electrons. The Morgan fingerprint density at radius 3 is 2.23 bits per heavy atom. The first-order valence-corrected chi connectivity index (χ1v) is 8.31. The number of terminal acetylenes is 1. The molecule has 0 aliphatic carbocycles. The van der Waals surface area contributed by atoms with E-state index in [0.717, 1.165) is 29.7 Å². The molecular weight excluding hydrogens is 330 g/mol. The summed E-state index contributed by atoms with van der Waals surface area (Å²) in [4.78, 5) is 10.6. The van der Waals surface area contributed by atoms with Crippen LogP contribution in [0.2, 0.25) is 0 Å². The largest absolute Gasteiger partial charge is 0.493 e. The van der Waals surface area contributed by atoms with Crippen LogP contribution in [-0.2, 0) is 0 Å². The third-order valence-corrected chi connectivity index (χ3v) is 4.15. The van der Waals surface area contributed by atoms with Gasteiger partial charge in [0.1, 0.15) is 5.75 Å². The van der Waals surface area contributed by atoms with E-state index in [1.165, 1.54) is 0 Å². The molecule has 0 bridgehead atoms. The van der Waals surface area contributed by atoms with E-state index >= 15 is 0 Å². The Hall–Kier alpha value is -3.33. The van der Waals surface area contributed by atoms with Gasteiger partial charge in [0.25, 0.3) is 0 Å². The summed E-state index contributed by atoms with van der Waals surface area (Å²) in [5.41, 5.74) is 2.24. The molecule has 1 heterocycles. The van der Waals surface area contributed by atoms with Crippen molar-refractivity contribution in [2.45, 2.75) is 24.9 Å². The highest BCUT2D eigenvalue weighted by atomic mass is 16.5. The molecule has 1 amide bonds. The van der Waals surface area contributed by atoms with Crippen LogP contribution in [0.1, 0.15) is 19.3 Å². The number of hydrogen-bond acceptors (Lipinski definition) is 4. The van der Waals surface area contributed by atoms with Gasteiger partial charge in [-0.1, -0.05) is 24.3 Å². The van der Waals surface area contributed by atoms with Gasteiger partial charge in [-0.05, 0) is 35.4 Å². The van der Waals surface area contributed by atoms with Gasteiger partial charge in [-0.3, -0.25) is 5.32 Å². The van der Waals surface area contributed by atoms with Crippen molar-refractivity contribution in [1.82, 2.24) is 0 Å². The van der Waals surface area contributed by atoms with E-state index in [0.29, 0.717) is 18.7 Å².